The molecule has 0 amide bonds. The van der Waals surface area contributed by atoms with E-state index in [-0.39, 0.29) is 12.0 Å². The molecule has 0 spiro atoms. The van der Waals surface area contributed by atoms with E-state index in [0.717, 1.165) is 5.56 Å². The Bertz CT molecular complexity index is 1510. The molecule has 0 saturated carbocycles. The van der Waals surface area contributed by atoms with E-state index < -0.39 is 30.1 Å². The number of hydrogen-bond donors (Lipinski definition) is 2. The molecule has 6 nitrogen and oxygen atoms in total. The van der Waals surface area contributed by atoms with Crippen molar-refractivity contribution >= 4 is 28.6 Å². The zero-order chi connectivity index (χ0) is 26.4. The highest BCUT2D eigenvalue weighted by Crippen LogP contribution is 2.30. The molecule has 2 N–H and O–H groups in total. The molecular formula is C30H26FNO5. The summed E-state index contributed by atoms with van der Waals surface area (Å²) >= 11 is 0. The normalized spacial score (nSPS) is 12.2. The number of fused-ring (bicyclic) bond motifs is 1. The molecule has 0 aliphatic heterocycles. The number of carbonyl (C=O) groups excluding carboxylic acids is 1. The number of aromatic nitrogens is 1. The largest absolute Gasteiger partial charge is 0.481 e. The third-order valence-corrected chi connectivity index (χ3v) is 6.07. The average molecular weight is 500 g/mol. The summed E-state index contributed by atoms with van der Waals surface area (Å²) < 4.78 is 15.4. The van der Waals surface area contributed by atoms with Crippen molar-refractivity contribution in [2.24, 2.45) is 0 Å². The second-order valence-corrected chi connectivity index (χ2v) is 8.75. The van der Waals surface area contributed by atoms with Gasteiger partial charge >= 0.3 is 5.97 Å². The Labute approximate surface area is 212 Å². The molecule has 0 saturated heterocycles. The molecule has 0 aliphatic carbocycles. The number of nitrogens with zero attached hydrogens (tertiary/aromatic N) is 1. The number of aliphatic carboxylic acids is 1. The van der Waals surface area contributed by atoms with Gasteiger partial charge in [-0.1, -0.05) is 60.7 Å². The number of carboxylic acid groups (broad SMARTS) is 1. The van der Waals surface area contributed by atoms with Crippen LogP contribution in [0.5, 0.6) is 0 Å². The highest BCUT2D eigenvalue weighted by molar-refractivity contribution is 5.96. The van der Waals surface area contributed by atoms with E-state index in [1.165, 1.54) is 18.2 Å². The molecule has 1 atom stereocenters. The summed E-state index contributed by atoms with van der Waals surface area (Å²) in [5.41, 5.74) is 2.66. The van der Waals surface area contributed by atoms with Crippen molar-refractivity contribution in [3.63, 3.8) is 0 Å². The van der Waals surface area contributed by atoms with Gasteiger partial charge in [0.1, 0.15) is 18.0 Å². The van der Waals surface area contributed by atoms with Crippen LogP contribution in [0.25, 0.3) is 28.1 Å². The van der Waals surface area contributed by atoms with Crippen molar-refractivity contribution < 1.29 is 24.2 Å². The lowest BCUT2D eigenvalue weighted by Crippen LogP contribution is -2.24. The van der Waals surface area contributed by atoms with Gasteiger partial charge in [0.15, 0.2) is 0 Å². The van der Waals surface area contributed by atoms with Crippen molar-refractivity contribution in [2.45, 2.75) is 31.9 Å². The van der Waals surface area contributed by atoms with E-state index in [1.807, 2.05) is 30.3 Å². The minimum Gasteiger partial charge on any atom is -0.481 e. The van der Waals surface area contributed by atoms with Crippen LogP contribution < -0.4 is 5.56 Å². The van der Waals surface area contributed by atoms with Crippen LogP contribution in [0.1, 0.15) is 24.0 Å². The Morgan fingerprint density at radius 3 is 2.24 bits per heavy atom. The molecule has 3 aromatic carbocycles. The maximum Gasteiger partial charge on any atom is 0.310 e. The average Bonchev–Trinajstić information content (AvgIpc) is 2.88. The van der Waals surface area contributed by atoms with Crippen molar-refractivity contribution in [2.75, 3.05) is 0 Å². The molecule has 0 bridgehead atoms. The number of benzene rings is 3. The van der Waals surface area contributed by atoms with Gasteiger partial charge in [0.25, 0.3) is 5.56 Å². The van der Waals surface area contributed by atoms with Gasteiger partial charge in [-0.05, 0) is 53.3 Å². The standard InChI is InChI=1S/C30H26FNO5/c31-22-12-10-21(11-13-22)29-26(15-14-23(33)18-24(34)19-28(35)36)25-8-4-5-9-27(25)30(37)32(29)17-16-20-6-2-1-3-7-20/h1-15,23,33H,16-19H2,(H,35,36)/b15-14+. The summed E-state index contributed by atoms with van der Waals surface area (Å²) in [7, 11) is 0. The molecule has 0 fully saturated rings. The van der Waals surface area contributed by atoms with Crippen LogP contribution in [0.4, 0.5) is 4.39 Å². The third kappa shape index (κ3) is 6.26. The summed E-state index contributed by atoms with van der Waals surface area (Å²) in [6.45, 7) is 0.362. The molecule has 0 radical (unpaired) electrons. The molecular weight excluding hydrogens is 473 g/mol. The van der Waals surface area contributed by atoms with Gasteiger partial charge in [-0.2, -0.15) is 0 Å². The number of halogens is 1. The lowest BCUT2D eigenvalue weighted by Gasteiger charge is -2.19. The Hall–Kier alpha value is -4.36. The first kappa shape index (κ1) is 25.7. The van der Waals surface area contributed by atoms with Crippen molar-refractivity contribution in [3.8, 4) is 11.3 Å². The summed E-state index contributed by atoms with van der Waals surface area (Å²) in [6.07, 6.45) is 1.41. The van der Waals surface area contributed by atoms with E-state index in [1.54, 1.807) is 47.0 Å². The van der Waals surface area contributed by atoms with E-state index in [2.05, 4.69) is 0 Å². The number of hydrogen-bond acceptors (Lipinski definition) is 4. The Morgan fingerprint density at radius 1 is 0.919 bits per heavy atom. The van der Waals surface area contributed by atoms with Crippen LogP contribution in [-0.2, 0) is 22.6 Å². The van der Waals surface area contributed by atoms with Crippen LogP contribution in [0, 0.1) is 5.82 Å². The Kier molecular flexibility index (Phi) is 8.05. The van der Waals surface area contributed by atoms with Crippen molar-refractivity contribution in [1.29, 1.82) is 0 Å². The summed E-state index contributed by atoms with van der Waals surface area (Å²) in [5.74, 6) is -2.26. The van der Waals surface area contributed by atoms with Crippen LogP contribution in [0.2, 0.25) is 0 Å². The summed E-state index contributed by atoms with van der Waals surface area (Å²) in [4.78, 5) is 36.3. The van der Waals surface area contributed by atoms with Gasteiger partial charge in [0.2, 0.25) is 0 Å². The fraction of sp³-hybridized carbons (Fsp3) is 0.167. The fourth-order valence-electron chi connectivity index (χ4n) is 4.36. The minimum atomic E-state index is -1.25. The van der Waals surface area contributed by atoms with Gasteiger partial charge in [-0.3, -0.25) is 14.4 Å². The number of carbonyl (C=O) groups is 2. The summed E-state index contributed by atoms with van der Waals surface area (Å²) in [6, 6.07) is 22.7. The minimum absolute atomic E-state index is 0.194. The van der Waals surface area contributed by atoms with E-state index in [4.69, 9.17) is 5.11 Å². The SMILES string of the molecule is O=C(O)CC(=O)CC(O)/C=C/c1c(-c2ccc(F)cc2)n(CCc2ccccc2)c(=O)c2ccccc12. The number of aliphatic hydroxyl groups is 1. The second-order valence-electron chi connectivity index (χ2n) is 8.75. The molecule has 188 valence electrons. The zero-order valence-corrected chi connectivity index (χ0v) is 20.0. The number of pyridine rings is 1. The van der Waals surface area contributed by atoms with Gasteiger partial charge in [0.05, 0.1) is 11.8 Å². The van der Waals surface area contributed by atoms with Crippen molar-refractivity contribution in [3.05, 3.63) is 112 Å². The molecule has 1 unspecified atom stereocenters. The predicted octanol–water partition coefficient (Wildman–Crippen LogP) is 4.86. The quantitative estimate of drug-likeness (QED) is 0.304. The van der Waals surface area contributed by atoms with Gasteiger partial charge in [-0.15, -0.1) is 0 Å². The van der Waals surface area contributed by atoms with Gasteiger partial charge < -0.3 is 14.8 Å². The maximum absolute atomic E-state index is 13.8. The van der Waals surface area contributed by atoms with Gasteiger partial charge in [-0.25, -0.2) is 4.39 Å². The fourth-order valence-corrected chi connectivity index (χ4v) is 4.36. The Morgan fingerprint density at radius 2 is 1.57 bits per heavy atom. The molecule has 7 heteroatoms. The zero-order valence-electron chi connectivity index (χ0n) is 20.0. The number of rotatable bonds is 10. The first-order valence-electron chi connectivity index (χ1n) is 11.9. The highest BCUT2D eigenvalue weighted by atomic mass is 19.1. The van der Waals surface area contributed by atoms with Crippen LogP contribution in [0.15, 0.2) is 89.7 Å². The van der Waals surface area contributed by atoms with Gasteiger partial charge in [0, 0.05) is 23.9 Å². The maximum atomic E-state index is 13.8. The smallest absolute Gasteiger partial charge is 0.310 e. The molecule has 37 heavy (non-hydrogen) atoms. The lowest BCUT2D eigenvalue weighted by atomic mass is 9.97. The lowest BCUT2D eigenvalue weighted by molar-refractivity contribution is -0.140. The number of aryl methyl sites for hydroxylation is 1. The molecule has 0 aliphatic rings. The first-order chi connectivity index (χ1) is 17.8. The number of aliphatic hydroxyl groups excluding tert-OH is 1. The number of Topliss-reactive ketones (excluding diaryl/α,β-unsaturated/α-hetero) is 1. The predicted molar refractivity (Wildman–Crippen MR) is 141 cm³/mol. The highest BCUT2D eigenvalue weighted by Gasteiger charge is 2.18. The van der Waals surface area contributed by atoms with Crippen molar-refractivity contribution in [1.82, 2.24) is 4.57 Å². The van der Waals surface area contributed by atoms with Crippen LogP contribution in [0.3, 0.4) is 0 Å². The topological polar surface area (TPSA) is 96.6 Å². The van der Waals surface area contributed by atoms with Crippen LogP contribution >= 0.6 is 0 Å². The molecule has 4 aromatic rings. The van der Waals surface area contributed by atoms with E-state index >= 15 is 0 Å². The van der Waals surface area contributed by atoms with Crippen LogP contribution in [-0.4, -0.2) is 32.6 Å². The third-order valence-electron chi connectivity index (χ3n) is 6.07. The van der Waals surface area contributed by atoms with E-state index in [9.17, 15) is 23.9 Å². The molecule has 4 rings (SSSR count). The second kappa shape index (κ2) is 11.6. The monoisotopic (exact) mass is 499 g/mol. The Balaban J connectivity index is 1.86. The first-order valence-corrected chi connectivity index (χ1v) is 11.9. The molecule has 1 heterocycles. The molecule has 1 aromatic heterocycles. The number of carboxylic acids is 1. The summed E-state index contributed by atoms with van der Waals surface area (Å²) in [5, 5.41) is 20.4. The number of ketones is 1. The van der Waals surface area contributed by atoms with E-state index in [0.29, 0.717) is 40.6 Å².